The predicted octanol–water partition coefficient (Wildman–Crippen LogP) is -1.31. The van der Waals surface area contributed by atoms with Crippen LogP contribution in [0.2, 0.25) is 0 Å². The molecule has 5 heteroatoms. The van der Waals surface area contributed by atoms with E-state index in [1.807, 2.05) is 0 Å². The first-order chi connectivity index (χ1) is 2.64. The third-order valence-electron chi connectivity index (χ3n) is 0.357. The summed E-state index contributed by atoms with van der Waals surface area (Å²) in [5.41, 5.74) is 0. The number of carboxylic acids is 1. The van der Waals surface area contributed by atoms with E-state index in [9.17, 15) is 4.79 Å². The van der Waals surface area contributed by atoms with Gasteiger partial charge in [-0.25, -0.2) is 4.79 Å². The highest BCUT2D eigenvalue weighted by Crippen LogP contribution is 1.73. The molecular formula is C3H10AlClO3. The summed E-state index contributed by atoms with van der Waals surface area (Å²) in [5, 5.41) is 15.8. The van der Waals surface area contributed by atoms with Gasteiger partial charge >= 0.3 is 5.97 Å². The summed E-state index contributed by atoms with van der Waals surface area (Å²) < 4.78 is 0. The molecule has 0 aliphatic heterocycles. The molecule has 0 saturated carbocycles. The standard InChI is InChI=1S/C3H6O3.Al.ClH.3H/c1-2(4)3(5)6;;;;;/h2,4H,1H3,(H,5,6);;1H;;;. The number of aliphatic hydroxyl groups excluding tert-OH is 1. The Morgan fingerprint density at radius 3 is 1.75 bits per heavy atom. The molecule has 0 radical (unpaired) electrons. The lowest BCUT2D eigenvalue weighted by atomic mass is 10.4. The van der Waals surface area contributed by atoms with Crippen LogP contribution in [0, 0.1) is 0 Å². The van der Waals surface area contributed by atoms with Crippen LogP contribution in [-0.4, -0.2) is 39.6 Å². The van der Waals surface area contributed by atoms with Crippen molar-refractivity contribution < 1.29 is 15.0 Å². The maximum Gasteiger partial charge on any atom is 0.332 e. The molecule has 0 spiro atoms. The van der Waals surface area contributed by atoms with Crippen LogP contribution < -0.4 is 0 Å². The molecule has 1 atom stereocenters. The Labute approximate surface area is 64.2 Å². The predicted molar refractivity (Wildman–Crippen MR) is 36.5 cm³/mol. The van der Waals surface area contributed by atoms with Crippen LogP contribution in [-0.2, 0) is 4.79 Å². The average Bonchev–Trinajstić information content (AvgIpc) is 1.36. The van der Waals surface area contributed by atoms with Crippen LogP contribution in [0.4, 0.5) is 0 Å². The molecule has 0 heterocycles. The number of halogens is 1. The normalized spacial score (nSPS) is 10.2. The fourth-order valence-electron chi connectivity index (χ4n) is 0. The topological polar surface area (TPSA) is 57.5 Å². The lowest BCUT2D eigenvalue weighted by Crippen LogP contribution is -2.13. The van der Waals surface area contributed by atoms with Gasteiger partial charge in [0.2, 0.25) is 0 Å². The molecule has 0 aromatic heterocycles. The number of carboxylic acid groups (broad SMARTS) is 1. The van der Waals surface area contributed by atoms with Gasteiger partial charge in [0, 0.05) is 0 Å². The van der Waals surface area contributed by atoms with Gasteiger partial charge in [-0.15, -0.1) is 12.4 Å². The summed E-state index contributed by atoms with van der Waals surface area (Å²) in [6, 6.07) is 0. The van der Waals surface area contributed by atoms with Crippen molar-refractivity contribution >= 4 is 35.7 Å². The van der Waals surface area contributed by atoms with Crippen LogP contribution in [0.25, 0.3) is 0 Å². The van der Waals surface area contributed by atoms with Gasteiger partial charge in [-0.1, -0.05) is 0 Å². The Balaban J connectivity index is -0.000000125. The third kappa shape index (κ3) is 9.54. The first kappa shape index (κ1) is 15.7. The molecule has 0 aromatic carbocycles. The second-order valence-electron chi connectivity index (χ2n) is 1.01. The van der Waals surface area contributed by atoms with Gasteiger partial charge < -0.3 is 10.2 Å². The van der Waals surface area contributed by atoms with E-state index in [1.165, 1.54) is 6.92 Å². The van der Waals surface area contributed by atoms with E-state index in [4.69, 9.17) is 10.2 Å². The molecule has 0 bridgehead atoms. The molecular weight excluding hydrogens is 146 g/mol. The van der Waals surface area contributed by atoms with Gasteiger partial charge in [-0.05, 0) is 6.92 Å². The van der Waals surface area contributed by atoms with E-state index in [0.29, 0.717) is 0 Å². The van der Waals surface area contributed by atoms with E-state index >= 15 is 0 Å². The Bertz CT molecular complexity index is 65.5. The minimum absolute atomic E-state index is 0. The van der Waals surface area contributed by atoms with Crippen LogP contribution >= 0.6 is 12.4 Å². The Kier molecular flexibility index (Phi) is 14.3. The van der Waals surface area contributed by atoms with Crippen molar-refractivity contribution in [3.63, 3.8) is 0 Å². The van der Waals surface area contributed by atoms with E-state index in [-0.39, 0.29) is 29.8 Å². The molecule has 0 rings (SSSR count). The van der Waals surface area contributed by atoms with Crippen molar-refractivity contribution in [3.05, 3.63) is 0 Å². The number of hydrogen-bond donors (Lipinski definition) is 2. The first-order valence-corrected chi connectivity index (χ1v) is 1.55. The van der Waals surface area contributed by atoms with Crippen molar-refractivity contribution in [2.24, 2.45) is 0 Å². The highest BCUT2D eigenvalue weighted by Gasteiger charge is 2.01. The minimum Gasteiger partial charge on any atom is -0.479 e. The lowest BCUT2D eigenvalue weighted by molar-refractivity contribution is -0.145. The fourth-order valence-corrected chi connectivity index (χ4v) is 0. The monoisotopic (exact) mass is 156 g/mol. The summed E-state index contributed by atoms with van der Waals surface area (Å²) in [4.78, 5) is 9.45. The maximum absolute atomic E-state index is 9.45. The van der Waals surface area contributed by atoms with Crippen LogP contribution in [0.1, 0.15) is 6.92 Å². The third-order valence-corrected chi connectivity index (χ3v) is 0.357. The fraction of sp³-hybridized carbons (Fsp3) is 0.667. The van der Waals surface area contributed by atoms with Gasteiger partial charge in [-0.2, -0.15) is 0 Å². The van der Waals surface area contributed by atoms with Gasteiger partial charge in [0.15, 0.2) is 17.4 Å². The van der Waals surface area contributed by atoms with E-state index in [2.05, 4.69) is 0 Å². The summed E-state index contributed by atoms with van der Waals surface area (Å²) >= 11 is 0. The van der Waals surface area contributed by atoms with Gasteiger partial charge in [0.25, 0.3) is 0 Å². The van der Waals surface area contributed by atoms with E-state index < -0.39 is 12.1 Å². The van der Waals surface area contributed by atoms with Crippen molar-refractivity contribution in [3.8, 4) is 0 Å². The van der Waals surface area contributed by atoms with Crippen molar-refractivity contribution in [1.82, 2.24) is 0 Å². The number of aliphatic carboxylic acids is 1. The number of carbonyl (C=O) groups is 1. The second kappa shape index (κ2) is 7.25. The summed E-state index contributed by atoms with van der Waals surface area (Å²) in [6.07, 6.45) is -1.23. The molecule has 0 fully saturated rings. The van der Waals surface area contributed by atoms with Crippen LogP contribution in [0.5, 0.6) is 0 Å². The largest absolute Gasteiger partial charge is 0.479 e. The smallest absolute Gasteiger partial charge is 0.332 e. The maximum atomic E-state index is 9.45. The lowest BCUT2D eigenvalue weighted by Gasteiger charge is -1.89. The van der Waals surface area contributed by atoms with Gasteiger partial charge in [0.1, 0.15) is 6.10 Å². The molecule has 0 aromatic rings. The van der Waals surface area contributed by atoms with Gasteiger partial charge in [0.05, 0.1) is 0 Å². The Hall–Kier alpha value is 0.252. The Morgan fingerprint density at radius 2 is 1.75 bits per heavy atom. The Morgan fingerprint density at radius 1 is 1.62 bits per heavy atom. The molecule has 50 valence electrons. The number of rotatable bonds is 1. The molecule has 0 aliphatic carbocycles. The van der Waals surface area contributed by atoms with E-state index in [0.717, 1.165) is 0 Å². The number of hydrogen-bond acceptors (Lipinski definition) is 2. The summed E-state index contributed by atoms with van der Waals surface area (Å²) in [7, 11) is 0. The zero-order valence-corrected chi connectivity index (χ0v) is 4.60. The van der Waals surface area contributed by atoms with E-state index in [1.54, 1.807) is 0 Å². The quantitative estimate of drug-likeness (QED) is 0.464. The zero-order valence-electron chi connectivity index (χ0n) is 3.79. The zero-order chi connectivity index (χ0) is 5.15. The first-order valence-electron chi connectivity index (χ1n) is 1.55. The van der Waals surface area contributed by atoms with Crippen molar-refractivity contribution in [2.45, 2.75) is 13.0 Å². The van der Waals surface area contributed by atoms with Crippen molar-refractivity contribution in [2.75, 3.05) is 0 Å². The van der Waals surface area contributed by atoms with Crippen molar-refractivity contribution in [1.29, 1.82) is 0 Å². The molecule has 8 heavy (non-hydrogen) atoms. The average molecular weight is 157 g/mol. The highest BCUT2D eigenvalue weighted by atomic mass is 35.5. The molecule has 1 unspecified atom stereocenters. The number of aliphatic hydroxyl groups is 1. The SMILES string of the molecule is CC(O)C(=O)O.Cl.[AlH3]. The highest BCUT2D eigenvalue weighted by molar-refractivity contribution is 5.85. The molecule has 0 saturated heterocycles. The summed E-state index contributed by atoms with van der Waals surface area (Å²) in [5.74, 6) is -1.19. The second-order valence-corrected chi connectivity index (χ2v) is 1.01. The molecule has 3 nitrogen and oxygen atoms in total. The van der Waals surface area contributed by atoms with Gasteiger partial charge in [-0.3, -0.25) is 0 Å². The molecule has 0 amide bonds. The molecule has 0 aliphatic rings. The van der Waals surface area contributed by atoms with Crippen LogP contribution in [0.15, 0.2) is 0 Å². The molecule has 2 N–H and O–H groups in total. The minimum atomic E-state index is -1.23. The van der Waals surface area contributed by atoms with Crippen LogP contribution in [0.3, 0.4) is 0 Å². The summed E-state index contributed by atoms with van der Waals surface area (Å²) in [6.45, 7) is 1.20.